The van der Waals surface area contributed by atoms with Crippen molar-refractivity contribution < 1.29 is 0 Å². The van der Waals surface area contributed by atoms with Gasteiger partial charge in [0, 0.05) is 0 Å². The second-order valence-corrected chi connectivity index (χ2v) is 75.2. The van der Waals surface area contributed by atoms with Crippen molar-refractivity contribution in [2.75, 3.05) is 0 Å². The van der Waals surface area contributed by atoms with E-state index in [0.717, 1.165) is 0 Å². The summed E-state index contributed by atoms with van der Waals surface area (Å²) in [5, 5.41) is 0. The summed E-state index contributed by atoms with van der Waals surface area (Å²) in [6.45, 7) is 28.5. The van der Waals surface area contributed by atoms with E-state index in [2.05, 4.69) is 78.6 Å². The third-order valence-electron chi connectivity index (χ3n) is 5.51. The van der Waals surface area contributed by atoms with E-state index in [1.165, 1.54) is 15.7 Å². The van der Waals surface area contributed by atoms with Gasteiger partial charge in [0.2, 0.25) is 0 Å². The van der Waals surface area contributed by atoms with Gasteiger partial charge in [0.15, 0.2) is 0 Å². The summed E-state index contributed by atoms with van der Waals surface area (Å²) in [6, 6.07) is 0. The molecule has 0 fully saturated rings. The summed E-state index contributed by atoms with van der Waals surface area (Å²) in [5.74, 6) is 0. The molecule has 0 aromatic carbocycles. The van der Waals surface area contributed by atoms with E-state index in [1.54, 1.807) is 0 Å². The minimum atomic E-state index is -3.64. The summed E-state index contributed by atoms with van der Waals surface area (Å²) < 4.78 is -0.316. The molecule has 0 saturated carbocycles. The molecule has 0 aliphatic heterocycles. The van der Waals surface area contributed by atoms with Crippen LogP contribution in [-0.2, 0) is 0 Å². The number of hydrogen-bond acceptors (Lipinski definition) is 0. The van der Waals surface area contributed by atoms with Crippen LogP contribution in [0.4, 0.5) is 0 Å². The molecule has 168 valence electrons. The molecule has 0 bridgehead atoms. The molecule has 0 amide bonds. The van der Waals surface area contributed by atoms with Crippen LogP contribution in [0.2, 0.25) is 78.6 Å². The van der Waals surface area contributed by atoms with Crippen LogP contribution in [0, 0.1) is 0 Å². The van der Waals surface area contributed by atoms with Crippen LogP contribution in [0.1, 0.15) is 0 Å². The van der Waals surface area contributed by atoms with Crippen LogP contribution in [0.25, 0.3) is 0 Å². The molecule has 28 heavy (non-hydrogen) atoms. The van der Waals surface area contributed by atoms with Gasteiger partial charge < -0.3 is 0 Å². The van der Waals surface area contributed by atoms with E-state index in [0.29, 0.717) is 0 Å². The van der Waals surface area contributed by atoms with Gasteiger partial charge in [-0.3, -0.25) is 0 Å². The van der Waals surface area contributed by atoms with Crippen molar-refractivity contribution >= 4 is 129 Å². The summed E-state index contributed by atoms with van der Waals surface area (Å²) in [4.78, 5) is 0. The summed E-state index contributed by atoms with van der Waals surface area (Å²) in [5.41, 5.74) is 0. The third-order valence-corrected chi connectivity index (χ3v) is 97.9. The van der Waals surface area contributed by atoms with Gasteiger partial charge in [-0.2, -0.15) is 0 Å². The average molecular weight is 737 g/mol. The van der Waals surface area contributed by atoms with E-state index >= 15 is 0 Å². The Morgan fingerprint density at radius 3 is 0.643 bits per heavy atom. The molecule has 0 aromatic heterocycles. The Hall–Kier alpha value is 4.29. The van der Waals surface area contributed by atoms with E-state index in [9.17, 15) is 0 Å². The first-order valence-electron chi connectivity index (χ1n) is 9.28. The molecule has 0 N–H and O–H groups in total. The molecule has 0 unspecified atom stereocenters. The van der Waals surface area contributed by atoms with Crippen LogP contribution in [-0.4, -0.2) is 59.7 Å². The Labute approximate surface area is 211 Å². The van der Waals surface area contributed by atoms with Crippen LogP contribution in [0.5, 0.6) is 0 Å². The van der Waals surface area contributed by atoms with E-state index in [4.69, 9.17) is 60.1 Å². The zero-order chi connectivity index (χ0) is 23.4. The molecule has 0 saturated heterocycles. The summed E-state index contributed by atoms with van der Waals surface area (Å²) in [6.07, 6.45) is 0. The van der Waals surface area contributed by atoms with Crippen LogP contribution >= 0.6 is 75.8 Å². The van der Waals surface area contributed by atoms with Gasteiger partial charge in [-0.25, -0.2) is 0 Å². The molecule has 0 aliphatic rings. The quantitative estimate of drug-likeness (QED) is 0.172. The van der Waals surface area contributed by atoms with Crippen molar-refractivity contribution in [1.82, 2.24) is 0 Å². The predicted octanol–water partition coefficient (Wildman–Crippen LogP) is 10.2. The Balaban J connectivity index is 7.39. The topological polar surface area (TPSA) is 0 Å². The Kier molecular flexibility index (Phi) is 11.2. The Morgan fingerprint density at radius 2 is 0.571 bits per heavy atom. The standard InChI is InChI=1S/C14H36Cl6Ge2P2Si4/c1-25(2,3)13(21(15,16)17,26(4,5)6)23-24-14(22(18,19)20,27(7,8)9)28(10,11)12/h1-12H3. The summed E-state index contributed by atoms with van der Waals surface area (Å²) >= 11 is 0. The van der Waals surface area contributed by atoms with Gasteiger partial charge in [0.1, 0.15) is 0 Å². The normalized spacial score (nSPS) is 16.8. The fourth-order valence-electron chi connectivity index (χ4n) is 4.81. The minimum absolute atomic E-state index is 0.158. The fraction of sp³-hybridized carbons (Fsp3) is 1.00. The monoisotopic (exact) mass is 736 g/mol. The number of halogens is 6. The summed E-state index contributed by atoms with van der Waals surface area (Å²) in [7, 11) is 30.0. The predicted molar refractivity (Wildman–Crippen MR) is 159 cm³/mol. The van der Waals surface area contributed by atoms with Crippen LogP contribution < -0.4 is 0 Å². The molecule has 0 aliphatic carbocycles. The van der Waals surface area contributed by atoms with Crippen molar-refractivity contribution in [2.45, 2.75) is 85.0 Å². The average Bonchev–Trinajstić information content (AvgIpc) is 2.23. The Morgan fingerprint density at radius 1 is 0.429 bits per heavy atom. The van der Waals surface area contributed by atoms with E-state index in [1.807, 2.05) is 0 Å². The van der Waals surface area contributed by atoms with Crippen molar-refractivity contribution in [3.63, 3.8) is 0 Å². The fourth-order valence-corrected chi connectivity index (χ4v) is 137. The van der Waals surface area contributed by atoms with Crippen molar-refractivity contribution in [3.8, 4) is 0 Å². The molecule has 0 rings (SSSR count). The molecular formula is C14H36Cl6Ge2P2Si4. The van der Waals surface area contributed by atoms with Gasteiger partial charge in [-0.05, 0) is 0 Å². The van der Waals surface area contributed by atoms with Crippen LogP contribution in [0.3, 0.4) is 0 Å². The third kappa shape index (κ3) is 6.10. The Bertz CT molecular complexity index is 472. The van der Waals surface area contributed by atoms with Crippen molar-refractivity contribution in [3.05, 3.63) is 0 Å². The van der Waals surface area contributed by atoms with Gasteiger partial charge in [-0.1, -0.05) is 0 Å². The first-order chi connectivity index (χ1) is 11.7. The zero-order valence-electron chi connectivity index (χ0n) is 19.2. The first-order valence-corrected chi connectivity index (χ1v) is 44.4. The molecule has 0 spiro atoms. The van der Waals surface area contributed by atoms with Crippen LogP contribution in [0.15, 0.2) is 0 Å². The SMILES string of the molecule is C[Si](C)(C)[C](P=P[C]([Si](C)(C)C)([Si](C)(C)C)[Ge]([Cl])([Cl])[Cl])([Si](C)(C)C)[Ge]([Cl])([Cl])[Cl]. The molecule has 14 heteroatoms. The molecule has 0 atom stereocenters. The zero-order valence-corrected chi connectivity index (χ0v) is 33.7. The molecule has 0 radical (unpaired) electrons. The van der Waals surface area contributed by atoms with Gasteiger partial charge in [0.05, 0.1) is 0 Å². The van der Waals surface area contributed by atoms with Crippen molar-refractivity contribution in [2.24, 2.45) is 0 Å². The van der Waals surface area contributed by atoms with Crippen molar-refractivity contribution in [1.29, 1.82) is 0 Å². The second kappa shape index (κ2) is 9.74. The van der Waals surface area contributed by atoms with E-state index < -0.39 is 53.3 Å². The van der Waals surface area contributed by atoms with Gasteiger partial charge in [0.25, 0.3) is 0 Å². The molecule has 0 heterocycles. The number of hydrogen-bond donors (Lipinski definition) is 0. The molecule has 0 aromatic rings. The first kappa shape index (κ1) is 32.3. The molecular weight excluding hydrogens is 700 g/mol. The second-order valence-electron chi connectivity index (χ2n) is 11.6. The van der Waals surface area contributed by atoms with E-state index in [-0.39, 0.29) is 6.47 Å². The molecule has 0 nitrogen and oxygen atoms in total. The maximum atomic E-state index is 7.01. The maximum absolute atomic E-state index is 7.01. The van der Waals surface area contributed by atoms with Gasteiger partial charge >= 0.3 is 214 Å². The van der Waals surface area contributed by atoms with Gasteiger partial charge in [-0.15, -0.1) is 0 Å². The number of rotatable bonds is 8.